The molecule has 0 radical (unpaired) electrons. The smallest absolute Gasteiger partial charge is 0.155 e. The molecule has 0 N–H and O–H groups in total. The Morgan fingerprint density at radius 3 is 2.42 bits per heavy atom. The highest BCUT2D eigenvalue weighted by Gasteiger charge is 1.97. The molecular formula is C17H24O2. The third kappa shape index (κ3) is 6.80. The number of rotatable bonds is 9. The van der Waals surface area contributed by atoms with Crippen molar-refractivity contribution in [1.29, 1.82) is 0 Å². The van der Waals surface area contributed by atoms with Gasteiger partial charge in [0.15, 0.2) is 5.78 Å². The number of benzene rings is 1. The lowest BCUT2D eigenvalue weighted by molar-refractivity contribution is -0.114. The summed E-state index contributed by atoms with van der Waals surface area (Å²) in [4.78, 5) is 11.7. The third-order valence-electron chi connectivity index (χ3n) is 3.10. The first-order valence-electron chi connectivity index (χ1n) is 7.11. The summed E-state index contributed by atoms with van der Waals surface area (Å²) in [5, 5.41) is 0. The zero-order chi connectivity index (χ0) is 13.9. The Balaban J connectivity index is 2.28. The fourth-order valence-electron chi connectivity index (χ4n) is 1.89. The Morgan fingerprint density at radius 2 is 1.79 bits per heavy atom. The van der Waals surface area contributed by atoms with Crippen LogP contribution in [0.1, 0.15) is 51.0 Å². The van der Waals surface area contributed by atoms with Gasteiger partial charge in [0.05, 0.1) is 7.11 Å². The molecular weight excluding hydrogens is 236 g/mol. The summed E-state index contributed by atoms with van der Waals surface area (Å²) in [5.41, 5.74) is 1.03. The molecule has 0 aromatic heterocycles. The van der Waals surface area contributed by atoms with Crippen molar-refractivity contribution in [1.82, 2.24) is 0 Å². The second-order valence-corrected chi connectivity index (χ2v) is 4.74. The molecule has 104 valence electrons. The van der Waals surface area contributed by atoms with Gasteiger partial charge in [-0.1, -0.05) is 50.8 Å². The first-order valence-corrected chi connectivity index (χ1v) is 7.11. The molecule has 0 aliphatic carbocycles. The lowest BCUT2D eigenvalue weighted by Crippen LogP contribution is -1.92. The second-order valence-electron chi connectivity index (χ2n) is 4.74. The fraction of sp³-hybridized carbons (Fsp3) is 0.471. The number of carbonyl (C=O) groups excluding carboxylic acids is 1. The highest BCUT2D eigenvalue weighted by atomic mass is 16.5. The van der Waals surface area contributed by atoms with Crippen molar-refractivity contribution in [3.8, 4) is 5.75 Å². The van der Waals surface area contributed by atoms with Gasteiger partial charge in [-0.05, 0) is 30.2 Å². The van der Waals surface area contributed by atoms with Crippen LogP contribution in [-0.2, 0) is 4.79 Å². The maximum absolute atomic E-state index is 11.7. The number of hydrogen-bond donors (Lipinski definition) is 0. The van der Waals surface area contributed by atoms with Crippen LogP contribution in [0, 0.1) is 0 Å². The van der Waals surface area contributed by atoms with Crippen molar-refractivity contribution in [2.45, 2.75) is 45.4 Å². The van der Waals surface area contributed by atoms with E-state index < -0.39 is 0 Å². The highest BCUT2D eigenvalue weighted by Crippen LogP contribution is 2.12. The monoisotopic (exact) mass is 260 g/mol. The van der Waals surface area contributed by atoms with E-state index in [1.165, 1.54) is 19.3 Å². The average molecular weight is 260 g/mol. The van der Waals surface area contributed by atoms with Crippen LogP contribution in [0.15, 0.2) is 30.3 Å². The van der Waals surface area contributed by atoms with Gasteiger partial charge in [0.2, 0.25) is 0 Å². The van der Waals surface area contributed by atoms with Crippen molar-refractivity contribution in [2.75, 3.05) is 7.11 Å². The zero-order valence-electron chi connectivity index (χ0n) is 12.0. The summed E-state index contributed by atoms with van der Waals surface area (Å²) in [6.07, 6.45) is 10.1. The summed E-state index contributed by atoms with van der Waals surface area (Å²) in [6.45, 7) is 2.20. The Labute approximate surface area is 116 Å². The minimum atomic E-state index is 0.215. The molecule has 0 saturated heterocycles. The number of ether oxygens (including phenoxy) is 1. The van der Waals surface area contributed by atoms with Gasteiger partial charge >= 0.3 is 0 Å². The van der Waals surface area contributed by atoms with E-state index in [4.69, 9.17) is 4.74 Å². The molecule has 2 nitrogen and oxygen atoms in total. The predicted octanol–water partition coefficient (Wildman–Crippen LogP) is 4.64. The van der Waals surface area contributed by atoms with Gasteiger partial charge in [-0.2, -0.15) is 0 Å². The molecule has 19 heavy (non-hydrogen) atoms. The molecule has 0 bridgehead atoms. The summed E-state index contributed by atoms with van der Waals surface area (Å²) < 4.78 is 5.09. The van der Waals surface area contributed by atoms with Gasteiger partial charge in [0, 0.05) is 6.42 Å². The van der Waals surface area contributed by atoms with E-state index in [0.29, 0.717) is 6.42 Å². The maximum atomic E-state index is 11.7. The van der Waals surface area contributed by atoms with E-state index in [2.05, 4.69) is 6.92 Å². The Hall–Kier alpha value is -1.57. The molecule has 0 spiro atoms. The number of unbranched alkanes of at least 4 members (excludes halogenated alkanes) is 4. The van der Waals surface area contributed by atoms with Crippen LogP contribution in [0.3, 0.4) is 0 Å². The maximum Gasteiger partial charge on any atom is 0.155 e. The quantitative estimate of drug-likeness (QED) is 0.477. The summed E-state index contributed by atoms with van der Waals surface area (Å²) in [6, 6.07) is 7.69. The van der Waals surface area contributed by atoms with Gasteiger partial charge in [0.1, 0.15) is 5.75 Å². The Morgan fingerprint density at radius 1 is 1.11 bits per heavy atom. The summed E-state index contributed by atoms with van der Waals surface area (Å²) in [5.74, 6) is 1.05. The lowest BCUT2D eigenvalue weighted by Gasteiger charge is -1.99. The summed E-state index contributed by atoms with van der Waals surface area (Å²) >= 11 is 0. The molecule has 0 atom stereocenters. The van der Waals surface area contributed by atoms with Gasteiger partial charge in [0.25, 0.3) is 0 Å². The fourth-order valence-corrected chi connectivity index (χ4v) is 1.89. The van der Waals surface area contributed by atoms with Crippen molar-refractivity contribution < 1.29 is 9.53 Å². The van der Waals surface area contributed by atoms with E-state index in [-0.39, 0.29) is 5.78 Å². The van der Waals surface area contributed by atoms with Crippen LogP contribution in [0.2, 0.25) is 0 Å². The Kier molecular flexibility index (Phi) is 7.64. The number of allylic oxidation sites excluding steroid dienone is 1. The zero-order valence-corrected chi connectivity index (χ0v) is 12.0. The van der Waals surface area contributed by atoms with Crippen LogP contribution in [0.25, 0.3) is 6.08 Å². The number of hydrogen-bond acceptors (Lipinski definition) is 2. The molecule has 1 aromatic rings. The van der Waals surface area contributed by atoms with Gasteiger partial charge < -0.3 is 4.74 Å². The van der Waals surface area contributed by atoms with Gasteiger partial charge in [-0.15, -0.1) is 0 Å². The molecule has 0 aliphatic heterocycles. The SMILES string of the molecule is CCCCCCCC(=O)/C=C/c1ccc(OC)cc1. The van der Waals surface area contributed by atoms with E-state index in [9.17, 15) is 4.79 Å². The minimum Gasteiger partial charge on any atom is -0.497 e. The molecule has 2 heteroatoms. The molecule has 0 amide bonds. The first-order chi connectivity index (χ1) is 9.26. The minimum absolute atomic E-state index is 0.215. The molecule has 1 aromatic carbocycles. The van der Waals surface area contributed by atoms with Crippen LogP contribution in [0.4, 0.5) is 0 Å². The van der Waals surface area contributed by atoms with Crippen molar-refractivity contribution in [2.24, 2.45) is 0 Å². The van der Waals surface area contributed by atoms with Crippen LogP contribution < -0.4 is 4.74 Å². The average Bonchev–Trinajstić information content (AvgIpc) is 2.45. The lowest BCUT2D eigenvalue weighted by atomic mass is 10.1. The Bertz CT molecular complexity index is 390. The van der Waals surface area contributed by atoms with Gasteiger partial charge in [-0.25, -0.2) is 0 Å². The second kappa shape index (κ2) is 9.37. The van der Waals surface area contributed by atoms with E-state index >= 15 is 0 Å². The first kappa shape index (κ1) is 15.5. The molecule has 0 heterocycles. The van der Waals surface area contributed by atoms with Crippen molar-refractivity contribution in [3.05, 3.63) is 35.9 Å². The van der Waals surface area contributed by atoms with E-state index in [0.717, 1.165) is 24.2 Å². The van der Waals surface area contributed by atoms with E-state index in [1.807, 2.05) is 30.3 Å². The molecule has 0 unspecified atom stereocenters. The van der Waals surface area contributed by atoms with Crippen LogP contribution >= 0.6 is 0 Å². The van der Waals surface area contributed by atoms with Crippen LogP contribution in [0.5, 0.6) is 5.75 Å². The molecule has 0 aliphatic rings. The molecule has 0 saturated carbocycles. The largest absolute Gasteiger partial charge is 0.497 e. The topological polar surface area (TPSA) is 26.3 Å². The van der Waals surface area contributed by atoms with Crippen molar-refractivity contribution in [3.63, 3.8) is 0 Å². The number of methoxy groups -OCH3 is 1. The number of ketones is 1. The molecule has 0 fully saturated rings. The third-order valence-corrected chi connectivity index (χ3v) is 3.10. The summed E-state index contributed by atoms with van der Waals surface area (Å²) in [7, 11) is 1.65. The number of carbonyl (C=O) groups is 1. The normalized spacial score (nSPS) is 10.8. The van der Waals surface area contributed by atoms with Crippen LogP contribution in [-0.4, -0.2) is 12.9 Å². The predicted molar refractivity (Wildman–Crippen MR) is 80.4 cm³/mol. The van der Waals surface area contributed by atoms with E-state index in [1.54, 1.807) is 13.2 Å². The molecule has 1 rings (SSSR count). The van der Waals surface area contributed by atoms with Gasteiger partial charge in [-0.3, -0.25) is 4.79 Å². The highest BCUT2D eigenvalue weighted by molar-refractivity contribution is 5.93. The standard InChI is InChI=1S/C17H24O2/c1-3-4-5-6-7-8-16(18)12-9-15-10-13-17(19-2)14-11-15/h9-14H,3-8H2,1-2H3/b12-9+. The van der Waals surface area contributed by atoms with Crippen molar-refractivity contribution >= 4 is 11.9 Å².